The van der Waals surface area contributed by atoms with Crippen LogP contribution in [0, 0.1) is 0 Å². The van der Waals surface area contributed by atoms with E-state index in [-0.39, 0.29) is 23.6 Å². The molecule has 0 saturated heterocycles. The number of fused-ring (bicyclic) bond motifs is 1. The first-order valence-corrected chi connectivity index (χ1v) is 9.04. The van der Waals surface area contributed by atoms with Crippen LogP contribution in [0.4, 0.5) is 0 Å². The van der Waals surface area contributed by atoms with Crippen molar-refractivity contribution in [3.05, 3.63) is 65.0 Å². The van der Waals surface area contributed by atoms with Crippen LogP contribution in [0.3, 0.4) is 0 Å². The Morgan fingerprint density at radius 2 is 2.04 bits per heavy atom. The Labute approximate surface area is 155 Å². The molecule has 7 nitrogen and oxygen atoms in total. The van der Waals surface area contributed by atoms with Crippen molar-refractivity contribution in [1.82, 2.24) is 20.3 Å². The second kappa shape index (κ2) is 7.57. The van der Waals surface area contributed by atoms with Crippen LogP contribution in [0.1, 0.15) is 36.0 Å². The van der Waals surface area contributed by atoms with Crippen molar-refractivity contribution in [3.63, 3.8) is 0 Å². The maximum absolute atomic E-state index is 12.2. The van der Waals surface area contributed by atoms with E-state index in [0.29, 0.717) is 0 Å². The average molecular weight is 364 g/mol. The van der Waals surface area contributed by atoms with Crippen LogP contribution >= 0.6 is 0 Å². The first-order valence-electron chi connectivity index (χ1n) is 9.04. The SMILES string of the molecule is O=C(NC1CCC(Oc2ccc3ncccc3c2)CC1)c1cnc[nH]c1=O. The van der Waals surface area contributed by atoms with E-state index in [4.69, 9.17) is 4.74 Å². The van der Waals surface area contributed by atoms with Crippen LogP contribution in [0.15, 0.2) is 53.8 Å². The van der Waals surface area contributed by atoms with Gasteiger partial charge in [0.25, 0.3) is 11.5 Å². The van der Waals surface area contributed by atoms with Crippen LogP contribution < -0.4 is 15.6 Å². The Balaban J connectivity index is 1.32. The molecule has 2 heterocycles. The average Bonchev–Trinajstić information content (AvgIpc) is 2.70. The lowest BCUT2D eigenvalue weighted by molar-refractivity contribution is 0.0892. The van der Waals surface area contributed by atoms with Crippen LogP contribution in [-0.4, -0.2) is 33.0 Å². The van der Waals surface area contributed by atoms with E-state index >= 15 is 0 Å². The van der Waals surface area contributed by atoms with Crippen LogP contribution in [-0.2, 0) is 0 Å². The molecule has 1 aliphatic rings. The summed E-state index contributed by atoms with van der Waals surface area (Å²) in [5.74, 6) is 0.459. The van der Waals surface area contributed by atoms with Gasteiger partial charge in [-0.05, 0) is 49.9 Å². The molecule has 0 spiro atoms. The van der Waals surface area contributed by atoms with Crippen molar-refractivity contribution in [3.8, 4) is 5.75 Å². The summed E-state index contributed by atoms with van der Waals surface area (Å²) >= 11 is 0. The molecule has 0 atom stereocenters. The molecular weight excluding hydrogens is 344 g/mol. The molecule has 2 aromatic heterocycles. The zero-order valence-electron chi connectivity index (χ0n) is 14.7. The number of nitrogens with one attached hydrogen (secondary N) is 2. The Morgan fingerprint density at radius 1 is 1.19 bits per heavy atom. The van der Waals surface area contributed by atoms with Gasteiger partial charge < -0.3 is 15.0 Å². The second-order valence-electron chi connectivity index (χ2n) is 6.72. The van der Waals surface area contributed by atoms with Crippen molar-refractivity contribution >= 4 is 16.8 Å². The number of aromatic nitrogens is 3. The van der Waals surface area contributed by atoms with Crippen molar-refractivity contribution < 1.29 is 9.53 Å². The molecular formula is C20H20N4O3. The second-order valence-corrected chi connectivity index (χ2v) is 6.72. The number of H-pyrrole nitrogens is 1. The maximum atomic E-state index is 12.2. The Morgan fingerprint density at radius 3 is 2.85 bits per heavy atom. The highest BCUT2D eigenvalue weighted by Crippen LogP contribution is 2.26. The lowest BCUT2D eigenvalue weighted by Crippen LogP contribution is -2.41. The Bertz CT molecular complexity index is 1010. The number of amides is 1. The van der Waals surface area contributed by atoms with Gasteiger partial charge in [-0.15, -0.1) is 0 Å². The smallest absolute Gasteiger partial charge is 0.263 e. The van der Waals surface area contributed by atoms with Gasteiger partial charge in [0.2, 0.25) is 0 Å². The van der Waals surface area contributed by atoms with Crippen molar-refractivity contribution in [2.75, 3.05) is 0 Å². The van der Waals surface area contributed by atoms with Crippen molar-refractivity contribution in [2.45, 2.75) is 37.8 Å². The number of hydrogen-bond donors (Lipinski definition) is 2. The monoisotopic (exact) mass is 364 g/mol. The minimum absolute atomic E-state index is 0.0396. The van der Waals surface area contributed by atoms with Crippen LogP contribution in [0.5, 0.6) is 5.75 Å². The zero-order valence-corrected chi connectivity index (χ0v) is 14.7. The Hall–Kier alpha value is -3.22. The number of hydrogen-bond acceptors (Lipinski definition) is 5. The molecule has 1 saturated carbocycles. The summed E-state index contributed by atoms with van der Waals surface area (Å²) in [6, 6.07) is 9.87. The van der Waals surface area contributed by atoms with E-state index in [0.717, 1.165) is 42.3 Å². The van der Waals surface area contributed by atoms with E-state index in [9.17, 15) is 9.59 Å². The molecule has 1 aliphatic carbocycles. The fraction of sp³-hybridized carbons (Fsp3) is 0.300. The van der Waals surface area contributed by atoms with Crippen LogP contribution in [0.25, 0.3) is 10.9 Å². The van der Waals surface area contributed by atoms with Gasteiger partial charge in [0, 0.05) is 23.8 Å². The first kappa shape index (κ1) is 17.2. The van der Waals surface area contributed by atoms with Gasteiger partial charge in [0.05, 0.1) is 17.9 Å². The summed E-state index contributed by atoms with van der Waals surface area (Å²) in [7, 11) is 0. The van der Waals surface area contributed by atoms with E-state index in [1.165, 1.54) is 12.5 Å². The summed E-state index contributed by atoms with van der Waals surface area (Å²) in [5, 5.41) is 3.98. The third-order valence-corrected chi connectivity index (χ3v) is 4.85. The van der Waals surface area contributed by atoms with Gasteiger partial charge in [-0.25, -0.2) is 4.98 Å². The summed E-state index contributed by atoms with van der Waals surface area (Å²) in [5.41, 5.74) is 0.563. The molecule has 4 rings (SSSR count). The topological polar surface area (TPSA) is 97.0 Å². The van der Waals surface area contributed by atoms with E-state index in [2.05, 4.69) is 20.3 Å². The molecule has 0 aliphatic heterocycles. The van der Waals surface area contributed by atoms with Gasteiger partial charge in [-0.2, -0.15) is 0 Å². The van der Waals surface area contributed by atoms with E-state index in [1.807, 2.05) is 30.3 Å². The third-order valence-electron chi connectivity index (χ3n) is 4.85. The number of rotatable bonds is 4. The van der Waals surface area contributed by atoms with Gasteiger partial charge in [0.15, 0.2) is 0 Å². The first-order chi connectivity index (χ1) is 13.2. The lowest BCUT2D eigenvalue weighted by Gasteiger charge is -2.29. The van der Waals surface area contributed by atoms with E-state index < -0.39 is 5.56 Å². The minimum atomic E-state index is -0.426. The standard InChI is InChI=1S/C20H20N4O3/c25-19-17(11-21-12-23-19)20(26)24-14-3-5-15(6-4-14)27-16-7-8-18-13(10-16)2-1-9-22-18/h1-2,7-12,14-15H,3-6H2,(H,24,26)(H,21,23,25). The molecule has 1 aromatic carbocycles. The molecule has 2 N–H and O–H groups in total. The van der Waals surface area contributed by atoms with E-state index in [1.54, 1.807) is 6.20 Å². The molecule has 0 unspecified atom stereocenters. The number of nitrogens with zero attached hydrogens (tertiary/aromatic N) is 2. The molecule has 3 aromatic rings. The molecule has 0 radical (unpaired) electrons. The fourth-order valence-corrected chi connectivity index (χ4v) is 3.41. The number of pyridine rings is 1. The highest BCUT2D eigenvalue weighted by atomic mass is 16.5. The molecule has 0 bridgehead atoms. The minimum Gasteiger partial charge on any atom is -0.490 e. The number of aromatic amines is 1. The highest BCUT2D eigenvalue weighted by molar-refractivity contribution is 5.93. The third kappa shape index (κ3) is 3.97. The van der Waals surface area contributed by atoms with Crippen molar-refractivity contribution in [1.29, 1.82) is 0 Å². The number of carbonyl (C=O) groups excluding carboxylic acids is 1. The van der Waals surface area contributed by atoms with Crippen molar-refractivity contribution in [2.24, 2.45) is 0 Å². The summed E-state index contributed by atoms with van der Waals surface area (Å²) in [4.78, 5) is 34.4. The Kier molecular flexibility index (Phi) is 4.82. The van der Waals surface area contributed by atoms with Gasteiger partial charge in [-0.3, -0.25) is 14.6 Å². The fourth-order valence-electron chi connectivity index (χ4n) is 3.41. The summed E-state index contributed by atoms with van der Waals surface area (Å²) < 4.78 is 6.11. The number of ether oxygens (including phenoxy) is 1. The molecule has 7 heteroatoms. The molecule has 138 valence electrons. The maximum Gasteiger partial charge on any atom is 0.263 e. The predicted octanol–water partition coefficient (Wildman–Crippen LogP) is 2.44. The summed E-state index contributed by atoms with van der Waals surface area (Å²) in [6.07, 6.45) is 7.76. The van der Waals surface area contributed by atoms with Gasteiger partial charge in [0.1, 0.15) is 11.3 Å². The van der Waals surface area contributed by atoms with Gasteiger partial charge in [-0.1, -0.05) is 6.07 Å². The number of benzene rings is 1. The van der Waals surface area contributed by atoms with Crippen LogP contribution in [0.2, 0.25) is 0 Å². The quantitative estimate of drug-likeness (QED) is 0.741. The van der Waals surface area contributed by atoms with Gasteiger partial charge >= 0.3 is 0 Å². The predicted molar refractivity (Wildman–Crippen MR) is 101 cm³/mol. The molecule has 27 heavy (non-hydrogen) atoms. The molecule has 1 fully saturated rings. The molecule has 1 amide bonds. The summed E-state index contributed by atoms with van der Waals surface area (Å²) in [6.45, 7) is 0. The highest BCUT2D eigenvalue weighted by Gasteiger charge is 2.24. The zero-order chi connectivity index (χ0) is 18.6. The largest absolute Gasteiger partial charge is 0.490 e. The normalized spacial score (nSPS) is 19.6. The lowest BCUT2D eigenvalue weighted by atomic mass is 9.92. The number of carbonyl (C=O) groups is 1.